The maximum atomic E-state index is 12.5. The normalized spacial score (nSPS) is 17.4. The second-order valence-corrected chi connectivity index (χ2v) is 7.94. The summed E-state index contributed by atoms with van der Waals surface area (Å²) in [7, 11) is 0. The SMILES string of the molecule is CC(C)(C(=O)NCc1cc(Cl)c(C2CCC(=O)NC2=O)c(Cl)c1)c1ncco1. The summed E-state index contributed by atoms with van der Waals surface area (Å²) in [5.41, 5.74) is 0.232. The Hall–Kier alpha value is -2.38. The average Bonchev–Trinajstić information content (AvgIpc) is 3.16. The number of imide groups is 1. The van der Waals surface area contributed by atoms with Crippen LogP contribution in [0.2, 0.25) is 10.0 Å². The second kappa shape index (κ2) is 7.93. The first kappa shape index (κ1) is 20.4. The molecule has 2 heterocycles. The van der Waals surface area contributed by atoms with Gasteiger partial charge in [-0.05, 0) is 38.0 Å². The molecule has 1 saturated heterocycles. The van der Waals surface area contributed by atoms with E-state index in [4.69, 9.17) is 27.6 Å². The summed E-state index contributed by atoms with van der Waals surface area (Å²) in [5.74, 6) is -1.24. The van der Waals surface area contributed by atoms with Gasteiger partial charge in [-0.1, -0.05) is 23.2 Å². The molecule has 1 fully saturated rings. The Balaban J connectivity index is 1.73. The lowest BCUT2D eigenvalue weighted by molar-refractivity contribution is -0.134. The van der Waals surface area contributed by atoms with Crippen LogP contribution in [0, 0.1) is 0 Å². The number of carbonyl (C=O) groups excluding carboxylic acids is 3. The van der Waals surface area contributed by atoms with Crippen molar-refractivity contribution in [1.82, 2.24) is 15.6 Å². The van der Waals surface area contributed by atoms with Crippen LogP contribution in [0.25, 0.3) is 0 Å². The number of nitrogens with one attached hydrogen (secondary N) is 2. The van der Waals surface area contributed by atoms with E-state index in [1.54, 1.807) is 26.0 Å². The van der Waals surface area contributed by atoms with E-state index in [1.165, 1.54) is 12.5 Å². The molecule has 9 heteroatoms. The summed E-state index contributed by atoms with van der Waals surface area (Å²) in [6, 6.07) is 3.32. The quantitative estimate of drug-likeness (QED) is 0.719. The first-order chi connectivity index (χ1) is 13.2. The summed E-state index contributed by atoms with van der Waals surface area (Å²) in [6.07, 6.45) is 3.48. The summed E-state index contributed by atoms with van der Waals surface area (Å²) in [5, 5.41) is 5.75. The minimum Gasteiger partial charge on any atom is -0.448 e. The fourth-order valence-corrected chi connectivity index (χ4v) is 3.87. The number of aromatic nitrogens is 1. The second-order valence-electron chi connectivity index (χ2n) is 7.12. The lowest BCUT2D eigenvalue weighted by Crippen LogP contribution is -2.40. The lowest BCUT2D eigenvalue weighted by Gasteiger charge is -2.24. The van der Waals surface area contributed by atoms with Gasteiger partial charge >= 0.3 is 0 Å². The van der Waals surface area contributed by atoms with Crippen molar-refractivity contribution in [3.8, 4) is 0 Å². The molecule has 2 N–H and O–H groups in total. The highest BCUT2D eigenvalue weighted by atomic mass is 35.5. The van der Waals surface area contributed by atoms with E-state index in [9.17, 15) is 14.4 Å². The Morgan fingerprint density at radius 2 is 2.00 bits per heavy atom. The highest BCUT2D eigenvalue weighted by molar-refractivity contribution is 6.36. The van der Waals surface area contributed by atoms with Gasteiger partial charge in [-0.25, -0.2) is 4.98 Å². The highest BCUT2D eigenvalue weighted by Gasteiger charge is 2.34. The minimum atomic E-state index is -0.941. The Kier molecular flexibility index (Phi) is 5.76. The van der Waals surface area contributed by atoms with E-state index in [2.05, 4.69) is 15.6 Å². The summed E-state index contributed by atoms with van der Waals surface area (Å²) in [6.45, 7) is 3.61. The molecule has 0 radical (unpaired) electrons. The molecule has 0 aliphatic carbocycles. The van der Waals surface area contributed by atoms with E-state index in [0.717, 1.165) is 0 Å². The molecule has 1 unspecified atom stereocenters. The molecule has 1 aromatic heterocycles. The van der Waals surface area contributed by atoms with E-state index in [1.807, 2.05) is 0 Å². The van der Waals surface area contributed by atoms with Crippen molar-refractivity contribution in [2.24, 2.45) is 0 Å². The van der Waals surface area contributed by atoms with Gasteiger partial charge < -0.3 is 9.73 Å². The fourth-order valence-electron chi connectivity index (χ4n) is 3.07. The molecule has 1 atom stereocenters. The third kappa shape index (κ3) is 4.05. The van der Waals surface area contributed by atoms with Crippen LogP contribution in [0.3, 0.4) is 0 Å². The van der Waals surface area contributed by atoms with E-state index in [-0.39, 0.29) is 24.8 Å². The van der Waals surface area contributed by atoms with Crippen LogP contribution < -0.4 is 10.6 Å². The number of carbonyl (C=O) groups is 3. The third-order valence-corrected chi connectivity index (χ3v) is 5.34. The Morgan fingerprint density at radius 1 is 1.32 bits per heavy atom. The maximum absolute atomic E-state index is 12.5. The topological polar surface area (TPSA) is 101 Å². The molecule has 0 spiro atoms. The molecule has 0 bridgehead atoms. The average molecular weight is 424 g/mol. The van der Waals surface area contributed by atoms with E-state index >= 15 is 0 Å². The number of hydrogen-bond donors (Lipinski definition) is 2. The van der Waals surface area contributed by atoms with E-state index < -0.39 is 17.2 Å². The largest absolute Gasteiger partial charge is 0.448 e. The van der Waals surface area contributed by atoms with Gasteiger partial charge in [0.2, 0.25) is 23.6 Å². The standard InChI is InChI=1S/C19H19Cl2N3O4/c1-19(2,18-22-5-6-28-18)17(27)23-9-10-7-12(20)15(13(21)8-10)11-3-4-14(25)24-16(11)26/h5-8,11H,3-4,9H2,1-2H3,(H,23,27)(H,24,25,26). The molecule has 0 saturated carbocycles. The number of amides is 3. The van der Waals surface area contributed by atoms with Crippen molar-refractivity contribution >= 4 is 40.9 Å². The van der Waals surface area contributed by atoms with Crippen LogP contribution in [0.1, 0.15) is 49.6 Å². The Labute approximate surface area is 171 Å². The van der Waals surface area contributed by atoms with Crippen LogP contribution in [0.4, 0.5) is 0 Å². The number of piperidine rings is 1. The van der Waals surface area contributed by atoms with Gasteiger partial charge in [-0.2, -0.15) is 0 Å². The summed E-state index contributed by atoms with van der Waals surface area (Å²) in [4.78, 5) is 40.0. The maximum Gasteiger partial charge on any atom is 0.235 e. The number of nitrogens with zero attached hydrogens (tertiary/aromatic N) is 1. The fraction of sp³-hybridized carbons (Fsp3) is 0.368. The molecule has 1 aliphatic rings. The van der Waals surface area contributed by atoms with Crippen LogP contribution in [-0.2, 0) is 26.3 Å². The molecule has 7 nitrogen and oxygen atoms in total. The van der Waals surface area contributed by atoms with Crippen LogP contribution in [0.5, 0.6) is 0 Å². The van der Waals surface area contributed by atoms with Crippen LogP contribution >= 0.6 is 23.2 Å². The summed E-state index contributed by atoms with van der Waals surface area (Å²) < 4.78 is 5.23. The predicted molar refractivity (Wildman–Crippen MR) is 103 cm³/mol. The molecule has 1 aliphatic heterocycles. The van der Waals surface area contributed by atoms with Gasteiger partial charge in [0.05, 0.1) is 12.1 Å². The van der Waals surface area contributed by atoms with Crippen LogP contribution in [-0.4, -0.2) is 22.7 Å². The predicted octanol–water partition coefficient (Wildman–Crippen LogP) is 3.10. The molecule has 3 amide bonds. The molecule has 28 heavy (non-hydrogen) atoms. The zero-order valence-corrected chi connectivity index (χ0v) is 16.9. The molecule has 148 valence electrons. The van der Waals surface area contributed by atoms with Crippen molar-refractivity contribution in [3.63, 3.8) is 0 Å². The van der Waals surface area contributed by atoms with Crippen molar-refractivity contribution in [2.45, 2.75) is 44.6 Å². The molecule has 2 aromatic rings. The van der Waals surface area contributed by atoms with Gasteiger partial charge in [0, 0.05) is 28.6 Å². The van der Waals surface area contributed by atoms with Gasteiger partial charge in [-0.15, -0.1) is 0 Å². The van der Waals surface area contributed by atoms with Gasteiger partial charge in [0.25, 0.3) is 0 Å². The number of hydrogen-bond acceptors (Lipinski definition) is 5. The zero-order valence-electron chi connectivity index (χ0n) is 15.3. The Morgan fingerprint density at radius 3 is 2.57 bits per heavy atom. The van der Waals surface area contributed by atoms with Crippen LogP contribution in [0.15, 0.2) is 29.0 Å². The highest BCUT2D eigenvalue weighted by Crippen LogP contribution is 2.37. The van der Waals surface area contributed by atoms with Crippen molar-refractivity contribution in [3.05, 3.63) is 51.7 Å². The van der Waals surface area contributed by atoms with Crippen molar-refractivity contribution in [2.75, 3.05) is 0 Å². The van der Waals surface area contributed by atoms with Gasteiger partial charge in [0.15, 0.2) is 0 Å². The van der Waals surface area contributed by atoms with Crippen molar-refractivity contribution in [1.29, 1.82) is 0 Å². The van der Waals surface area contributed by atoms with Gasteiger partial charge in [0.1, 0.15) is 11.7 Å². The summed E-state index contributed by atoms with van der Waals surface area (Å²) >= 11 is 12.7. The smallest absolute Gasteiger partial charge is 0.235 e. The molecular formula is C19H19Cl2N3O4. The number of halogens is 2. The van der Waals surface area contributed by atoms with E-state index in [0.29, 0.717) is 33.5 Å². The Bertz CT molecular complexity index is 902. The zero-order chi connectivity index (χ0) is 20.5. The first-order valence-electron chi connectivity index (χ1n) is 8.70. The number of oxazole rings is 1. The molecule has 1 aromatic carbocycles. The number of benzene rings is 1. The minimum absolute atomic E-state index is 0.193. The molecule has 3 rings (SSSR count). The first-order valence-corrected chi connectivity index (χ1v) is 9.45. The van der Waals surface area contributed by atoms with Gasteiger partial charge in [-0.3, -0.25) is 19.7 Å². The lowest BCUT2D eigenvalue weighted by atomic mass is 9.89. The third-order valence-electron chi connectivity index (χ3n) is 4.71. The van der Waals surface area contributed by atoms with Crippen molar-refractivity contribution < 1.29 is 18.8 Å². The molecular weight excluding hydrogens is 405 g/mol. The monoisotopic (exact) mass is 423 g/mol. The number of rotatable bonds is 5.